The molecule has 2 rings (SSSR count). The molecule has 0 bridgehead atoms. The van der Waals surface area contributed by atoms with Crippen molar-refractivity contribution in [3.63, 3.8) is 0 Å². The summed E-state index contributed by atoms with van der Waals surface area (Å²) in [5.41, 5.74) is 0. The average Bonchev–Trinajstić information content (AvgIpc) is 2.46. The van der Waals surface area contributed by atoms with E-state index < -0.39 is 10.0 Å². The van der Waals surface area contributed by atoms with Crippen molar-refractivity contribution >= 4 is 45.0 Å². The van der Waals surface area contributed by atoms with E-state index in [-0.39, 0.29) is 4.90 Å². The molecule has 2 N–H and O–H groups in total. The number of sulfonamides is 1. The summed E-state index contributed by atoms with van der Waals surface area (Å²) in [5.74, 6) is 1.25. The lowest BCUT2D eigenvalue weighted by molar-refractivity contribution is 0.343. The number of hydrogen-bond donors (Lipinski definition) is 1. The highest BCUT2D eigenvalue weighted by molar-refractivity contribution is 7.99. The van der Waals surface area contributed by atoms with Gasteiger partial charge in [-0.05, 0) is 42.5 Å². The molecular formula is C14H13Cl2NO3S2. The minimum absolute atomic E-state index is 0.0555. The van der Waals surface area contributed by atoms with Crippen LogP contribution < -0.4 is 9.88 Å². The Hall–Kier alpha value is -0.920. The van der Waals surface area contributed by atoms with E-state index >= 15 is 0 Å². The first kappa shape index (κ1) is 17.4. The number of nitrogens with two attached hydrogens (primary N) is 1. The fourth-order valence-corrected chi connectivity index (χ4v) is 3.46. The second-order valence-electron chi connectivity index (χ2n) is 4.29. The number of primary sulfonamides is 1. The van der Waals surface area contributed by atoms with Crippen molar-refractivity contribution in [2.24, 2.45) is 5.14 Å². The number of rotatable bonds is 6. The van der Waals surface area contributed by atoms with E-state index in [0.717, 1.165) is 4.90 Å². The molecule has 0 aromatic heterocycles. The first-order chi connectivity index (χ1) is 10.4. The molecule has 0 radical (unpaired) electrons. The third kappa shape index (κ3) is 5.07. The number of thioether (sulfide) groups is 1. The smallest absolute Gasteiger partial charge is 0.238 e. The van der Waals surface area contributed by atoms with Crippen LogP contribution in [0.2, 0.25) is 10.0 Å². The van der Waals surface area contributed by atoms with E-state index in [9.17, 15) is 8.42 Å². The fraction of sp³-hybridized carbons (Fsp3) is 0.143. The Labute approximate surface area is 143 Å². The standard InChI is InChI=1S/C14H13Cl2NO3S2/c15-10-1-6-13(16)14(9-10)21-8-7-20-11-2-4-12(5-3-11)22(17,18)19/h1-6,9H,7-8H2,(H2,17,18,19). The van der Waals surface area contributed by atoms with Gasteiger partial charge in [0.25, 0.3) is 0 Å². The Morgan fingerprint density at radius 3 is 2.41 bits per heavy atom. The van der Waals surface area contributed by atoms with Gasteiger partial charge in [0, 0.05) is 15.7 Å². The predicted molar refractivity (Wildman–Crippen MR) is 90.5 cm³/mol. The second-order valence-corrected chi connectivity index (χ2v) is 7.83. The van der Waals surface area contributed by atoms with E-state index in [4.69, 9.17) is 33.1 Å². The topological polar surface area (TPSA) is 69.4 Å². The lowest BCUT2D eigenvalue weighted by Crippen LogP contribution is -2.11. The highest BCUT2D eigenvalue weighted by Gasteiger charge is 2.07. The van der Waals surface area contributed by atoms with Gasteiger partial charge < -0.3 is 4.74 Å². The molecule has 0 aliphatic carbocycles. The zero-order valence-corrected chi connectivity index (χ0v) is 14.5. The normalized spacial score (nSPS) is 11.4. The highest BCUT2D eigenvalue weighted by atomic mass is 35.5. The predicted octanol–water partition coefficient (Wildman–Crippen LogP) is 3.81. The van der Waals surface area contributed by atoms with Crippen molar-refractivity contribution in [1.82, 2.24) is 0 Å². The van der Waals surface area contributed by atoms with Crippen molar-refractivity contribution in [1.29, 1.82) is 0 Å². The van der Waals surface area contributed by atoms with Crippen LogP contribution in [0.3, 0.4) is 0 Å². The number of ether oxygens (including phenoxy) is 1. The second kappa shape index (κ2) is 7.57. The molecule has 4 nitrogen and oxygen atoms in total. The van der Waals surface area contributed by atoms with Crippen LogP contribution >= 0.6 is 35.0 Å². The van der Waals surface area contributed by atoms with Gasteiger partial charge in [-0.15, -0.1) is 11.8 Å². The molecule has 2 aromatic carbocycles. The molecule has 0 saturated carbocycles. The average molecular weight is 378 g/mol. The maximum Gasteiger partial charge on any atom is 0.238 e. The zero-order valence-electron chi connectivity index (χ0n) is 11.3. The lowest BCUT2D eigenvalue weighted by atomic mass is 10.3. The summed E-state index contributed by atoms with van der Waals surface area (Å²) in [6.45, 7) is 0.447. The largest absolute Gasteiger partial charge is 0.493 e. The summed E-state index contributed by atoms with van der Waals surface area (Å²) in [4.78, 5) is 0.947. The Morgan fingerprint density at radius 1 is 1.09 bits per heavy atom. The molecule has 0 fully saturated rings. The Bertz CT molecular complexity index is 749. The quantitative estimate of drug-likeness (QED) is 0.613. The molecule has 22 heavy (non-hydrogen) atoms. The van der Waals surface area contributed by atoms with E-state index in [1.807, 2.05) is 0 Å². The molecule has 0 atom stereocenters. The SMILES string of the molecule is NS(=O)(=O)c1ccc(OCCSc2cc(Cl)ccc2Cl)cc1. The van der Waals surface area contributed by atoms with Gasteiger partial charge in [-0.3, -0.25) is 0 Å². The molecule has 0 amide bonds. The van der Waals surface area contributed by atoms with Crippen molar-refractivity contribution in [3.05, 3.63) is 52.5 Å². The molecule has 0 spiro atoms. The fourth-order valence-electron chi connectivity index (χ4n) is 1.62. The number of benzene rings is 2. The van der Waals surface area contributed by atoms with Crippen LogP contribution in [0.4, 0.5) is 0 Å². The van der Waals surface area contributed by atoms with Gasteiger partial charge in [-0.1, -0.05) is 23.2 Å². The van der Waals surface area contributed by atoms with Crippen LogP contribution in [0.1, 0.15) is 0 Å². The van der Waals surface area contributed by atoms with Crippen LogP contribution in [-0.4, -0.2) is 20.8 Å². The summed E-state index contributed by atoms with van der Waals surface area (Å²) in [5, 5.41) is 6.30. The number of hydrogen-bond acceptors (Lipinski definition) is 4. The van der Waals surface area contributed by atoms with Crippen molar-refractivity contribution < 1.29 is 13.2 Å². The maximum absolute atomic E-state index is 11.1. The maximum atomic E-state index is 11.1. The summed E-state index contributed by atoms with van der Waals surface area (Å²) in [7, 11) is -3.68. The summed E-state index contributed by atoms with van der Waals surface area (Å²) < 4.78 is 27.8. The van der Waals surface area contributed by atoms with Crippen molar-refractivity contribution in [2.75, 3.05) is 12.4 Å². The summed E-state index contributed by atoms with van der Waals surface area (Å²) in [6.07, 6.45) is 0. The van der Waals surface area contributed by atoms with Gasteiger partial charge in [0.05, 0.1) is 16.5 Å². The van der Waals surface area contributed by atoms with Gasteiger partial charge in [0.1, 0.15) is 5.75 Å². The molecule has 0 aliphatic rings. The molecule has 0 aliphatic heterocycles. The highest BCUT2D eigenvalue weighted by Crippen LogP contribution is 2.29. The van der Waals surface area contributed by atoms with E-state index in [0.29, 0.717) is 28.2 Å². The third-order valence-corrected chi connectivity index (χ3v) is 5.28. The van der Waals surface area contributed by atoms with Gasteiger partial charge in [-0.25, -0.2) is 13.6 Å². The minimum Gasteiger partial charge on any atom is -0.493 e. The van der Waals surface area contributed by atoms with E-state index in [1.54, 1.807) is 30.3 Å². The molecule has 0 unspecified atom stereocenters. The first-order valence-corrected chi connectivity index (χ1v) is 9.48. The third-order valence-electron chi connectivity index (χ3n) is 2.66. The zero-order chi connectivity index (χ0) is 16.2. The monoisotopic (exact) mass is 377 g/mol. The molecule has 0 heterocycles. The lowest BCUT2D eigenvalue weighted by Gasteiger charge is -2.08. The number of halogens is 2. The van der Waals surface area contributed by atoms with E-state index in [2.05, 4.69) is 0 Å². The van der Waals surface area contributed by atoms with Crippen molar-refractivity contribution in [2.45, 2.75) is 9.79 Å². The minimum atomic E-state index is -3.68. The molecule has 118 valence electrons. The summed E-state index contributed by atoms with van der Waals surface area (Å²) in [6, 6.07) is 11.2. The Kier molecular flexibility index (Phi) is 6.00. The summed E-state index contributed by atoms with van der Waals surface area (Å²) >= 11 is 13.5. The van der Waals surface area contributed by atoms with Gasteiger partial charge in [-0.2, -0.15) is 0 Å². The van der Waals surface area contributed by atoms with Crippen LogP contribution in [0.25, 0.3) is 0 Å². The van der Waals surface area contributed by atoms with Crippen LogP contribution in [0, 0.1) is 0 Å². The van der Waals surface area contributed by atoms with Gasteiger partial charge in [0.2, 0.25) is 10.0 Å². The van der Waals surface area contributed by atoms with Gasteiger partial charge >= 0.3 is 0 Å². The van der Waals surface area contributed by atoms with Crippen LogP contribution in [-0.2, 0) is 10.0 Å². The molecule has 8 heteroatoms. The molecule has 2 aromatic rings. The Balaban J connectivity index is 1.85. The molecule has 0 saturated heterocycles. The van der Waals surface area contributed by atoms with Gasteiger partial charge in [0.15, 0.2) is 0 Å². The van der Waals surface area contributed by atoms with E-state index in [1.165, 1.54) is 23.9 Å². The van der Waals surface area contributed by atoms with Crippen LogP contribution in [0.15, 0.2) is 52.3 Å². The Morgan fingerprint density at radius 2 is 1.77 bits per heavy atom. The first-order valence-electron chi connectivity index (χ1n) is 6.20. The van der Waals surface area contributed by atoms with Crippen molar-refractivity contribution in [3.8, 4) is 5.75 Å². The molecular weight excluding hydrogens is 365 g/mol. The van der Waals surface area contributed by atoms with Crippen LogP contribution in [0.5, 0.6) is 5.75 Å².